The van der Waals surface area contributed by atoms with E-state index in [1.54, 1.807) is 31.2 Å². The molecule has 2 rings (SSSR count). The Morgan fingerprint density at radius 3 is 2.06 bits per heavy atom. The molecule has 164 valence electrons. The molecule has 0 spiro atoms. The summed E-state index contributed by atoms with van der Waals surface area (Å²) in [6.07, 6.45) is -1.09. The fraction of sp³-hybridized carbons (Fsp3) is 0.217. The van der Waals surface area contributed by atoms with Gasteiger partial charge in [-0.05, 0) is 54.0 Å². The van der Waals surface area contributed by atoms with E-state index in [0.29, 0.717) is 23.3 Å². The molecule has 0 heterocycles. The SMILES string of the molecule is CCCC(=CC(=Cc1ccc(OCc2ccc(C(F)(F)F)cc2)cc1)C(=O)O)C(=O)O. The first-order chi connectivity index (χ1) is 14.6. The van der Waals surface area contributed by atoms with Gasteiger partial charge in [-0.3, -0.25) is 0 Å². The molecular weight excluding hydrogens is 413 g/mol. The maximum atomic E-state index is 12.6. The molecule has 0 radical (unpaired) electrons. The third kappa shape index (κ3) is 7.33. The van der Waals surface area contributed by atoms with E-state index in [4.69, 9.17) is 4.74 Å². The molecule has 0 aliphatic carbocycles. The molecule has 0 bridgehead atoms. The van der Waals surface area contributed by atoms with Gasteiger partial charge in [-0.2, -0.15) is 13.2 Å². The number of carbonyl (C=O) groups is 2. The second kappa shape index (κ2) is 10.5. The molecule has 5 nitrogen and oxygen atoms in total. The lowest BCUT2D eigenvalue weighted by molar-refractivity contribution is -0.137. The number of halogens is 3. The number of hydrogen-bond donors (Lipinski definition) is 2. The van der Waals surface area contributed by atoms with E-state index >= 15 is 0 Å². The van der Waals surface area contributed by atoms with Gasteiger partial charge in [0.25, 0.3) is 0 Å². The van der Waals surface area contributed by atoms with Crippen LogP contribution in [-0.4, -0.2) is 22.2 Å². The van der Waals surface area contributed by atoms with Crippen molar-refractivity contribution in [1.29, 1.82) is 0 Å². The predicted molar refractivity (Wildman–Crippen MR) is 108 cm³/mol. The number of rotatable bonds is 9. The number of ether oxygens (including phenoxy) is 1. The van der Waals surface area contributed by atoms with Crippen LogP contribution in [0.2, 0.25) is 0 Å². The van der Waals surface area contributed by atoms with Gasteiger partial charge < -0.3 is 14.9 Å². The van der Waals surface area contributed by atoms with E-state index in [-0.39, 0.29) is 24.2 Å². The van der Waals surface area contributed by atoms with Crippen molar-refractivity contribution < 1.29 is 37.7 Å². The van der Waals surface area contributed by atoms with Crippen LogP contribution in [0.4, 0.5) is 13.2 Å². The number of aliphatic carboxylic acids is 2. The first-order valence-corrected chi connectivity index (χ1v) is 9.38. The van der Waals surface area contributed by atoms with Crippen LogP contribution < -0.4 is 4.74 Å². The number of benzene rings is 2. The molecule has 31 heavy (non-hydrogen) atoms. The Bertz CT molecular complexity index is 972. The largest absolute Gasteiger partial charge is 0.489 e. The van der Waals surface area contributed by atoms with E-state index in [2.05, 4.69) is 0 Å². The summed E-state index contributed by atoms with van der Waals surface area (Å²) in [4.78, 5) is 22.7. The monoisotopic (exact) mass is 434 g/mol. The van der Waals surface area contributed by atoms with Crippen LogP contribution in [0.3, 0.4) is 0 Å². The zero-order chi connectivity index (χ0) is 23.0. The molecule has 0 unspecified atom stereocenters. The summed E-state index contributed by atoms with van der Waals surface area (Å²) in [6.45, 7) is 1.86. The van der Waals surface area contributed by atoms with Gasteiger partial charge in [-0.25, -0.2) is 9.59 Å². The van der Waals surface area contributed by atoms with Crippen LogP contribution in [-0.2, 0) is 22.4 Å². The van der Waals surface area contributed by atoms with Gasteiger partial charge in [-0.1, -0.05) is 37.6 Å². The summed E-state index contributed by atoms with van der Waals surface area (Å²) in [5.41, 5.74) is 0.196. The Labute approximate surface area is 177 Å². The van der Waals surface area contributed by atoms with Crippen LogP contribution >= 0.6 is 0 Å². The standard InChI is InChI=1S/C23H21F3O5/c1-2-3-17(21(27)28)13-18(22(29)30)12-15-6-10-20(11-7-15)31-14-16-4-8-19(9-5-16)23(24,25)26/h4-13H,2-3,14H2,1H3,(H,27,28)(H,29,30). The topological polar surface area (TPSA) is 83.8 Å². The Morgan fingerprint density at radius 1 is 0.968 bits per heavy atom. The van der Waals surface area contributed by atoms with Crippen LogP contribution in [0, 0.1) is 0 Å². The lowest BCUT2D eigenvalue weighted by Gasteiger charge is -2.09. The first-order valence-electron chi connectivity index (χ1n) is 9.38. The van der Waals surface area contributed by atoms with Crippen molar-refractivity contribution in [1.82, 2.24) is 0 Å². The Morgan fingerprint density at radius 2 is 1.58 bits per heavy atom. The molecule has 0 aromatic heterocycles. The molecule has 0 atom stereocenters. The minimum absolute atomic E-state index is 0.00708. The van der Waals surface area contributed by atoms with Gasteiger partial charge in [-0.15, -0.1) is 0 Å². The average Bonchev–Trinajstić information content (AvgIpc) is 2.71. The summed E-state index contributed by atoms with van der Waals surface area (Å²) in [6, 6.07) is 11.0. The lowest BCUT2D eigenvalue weighted by atomic mass is 10.0. The summed E-state index contributed by atoms with van der Waals surface area (Å²) in [5, 5.41) is 18.6. The lowest BCUT2D eigenvalue weighted by Crippen LogP contribution is -2.05. The van der Waals surface area contributed by atoms with Gasteiger partial charge in [0.15, 0.2) is 0 Å². The average molecular weight is 434 g/mol. The molecule has 2 aromatic carbocycles. The molecule has 2 N–H and O–H groups in total. The van der Waals surface area contributed by atoms with Crippen molar-refractivity contribution in [3.63, 3.8) is 0 Å². The number of carboxylic acids is 2. The van der Waals surface area contributed by atoms with Crippen LogP contribution in [0.5, 0.6) is 5.75 Å². The van der Waals surface area contributed by atoms with Crippen LogP contribution in [0.25, 0.3) is 6.08 Å². The second-order valence-electron chi connectivity index (χ2n) is 6.68. The maximum absolute atomic E-state index is 12.6. The normalized spacial score (nSPS) is 12.5. The van der Waals surface area contributed by atoms with Crippen molar-refractivity contribution in [2.45, 2.75) is 32.5 Å². The molecular formula is C23H21F3O5. The molecule has 8 heteroatoms. The summed E-state index contributed by atoms with van der Waals surface area (Å²) in [5.74, 6) is -1.97. The van der Waals surface area contributed by atoms with Crippen LogP contribution in [0.1, 0.15) is 36.5 Å². The van der Waals surface area contributed by atoms with Crippen molar-refractivity contribution in [3.8, 4) is 5.75 Å². The second-order valence-corrected chi connectivity index (χ2v) is 6.68. The Kier molecular flexibility index (Phi) is 8.01. The maximum Gasteiger partial charge on any atom is 0.416 e. The Balaban J connectivity index is 2.10. The summed E-state index contributed by atoms with van der Waals surface area (Å²) >= 11 is 0. The highest BCUT2D eigenvalue weighted by Crippen LogP contribution is 2.29. The molecule has 0 aliphatic rings. The van der Waals surface area contributed by atoms with E-state index < -0.39 is 23.7 Å². The fourth-order valence-electron chi connectivity index (χ4n) is 2.66. The molecule has 0 saturated carbocycles. The third-order valence-electron chi connectivity index (χ3n) is 4.26. The van der Waals surface area contributed by atoms with Crippen LogP contribution in [0.15, 0.2) is 65.8 Å². The fourth-order valence-corrected chi connectivity index (χ4v) is 2.66. The summed E-state index contributed by atoms with van der Waals surface area (Å²) < 4.78 is 43.3. The molecule has 0 amide bonds. The van der Waals surface area contributed by atoms with Crippen molar-refractivity contribution in [2.75, 3.05) is 0 Å². The Hall–Kier alpha value is -3.55. The smallest absolute Gasteiger partial charge is 0.416 e. The number of alkyl halides is 3. The number of carboxylic acid groups (broad SMARTS) is 2. The van der Waals surface area contributed by atoms with Gasteiger partial charge in [0.2, 0.25) is 0 Å². The van der Waals surface area contributed by atoms with E-state index in [1.165, 1.54) is 18.2 Å². The summed E-state index contributed by atoms with van der Waals surface area (Å²) in [7, 11) is 0. The highest BCUT2D eigenvalue weighted by Gasteiger charge is 2.29. The van der Waals surface area contributed by atoms with E-state index in [0.717, 1.165) is 18.2 Å². The van der Waals surface area contributed by atoms with Crippen molar-refractivity contribution in [3.05, 3.63) is 82.4 Å². The molecule has 2 aromatic rings. The third-order valence-corrected chi connectivity index (χ3v) is 4.26. The van der Waals surface area contributed by atoms with Gasteiger partial charge in [0, 0.05) is 5.57 Å². The minimum Gasteiger partial charge on any atom is -0.489 e. The zero-order valence-corrected chi connectivity index (χ0v) is 16.6. The van der Waals surface area contributed by atoms with E-state index in [9.17, 15) is 33.0 Å². The van der Waals surface area contributed by atoms with Gasteiger partial charge in [0.1, 0.15) is 12.4 Å². The first kappa shape index (κ1) is 23.7. The van der Waals surface area contributed by atoms with Gasteiger partial charge >= 0.3 is 18.1 Å². The highest BCUT2D eigenvalue weighted by molar-refractivity contribution is 5.98. The number of hydrogen-bond acceptors (Lipinski definition) is 3. The molecule has 0 saturated heterocycles. The predicted octanol–water partition coefficient (Wildman–Crippen LogP) is 5.56. The van der Waals surface area contributed by atoms with Crippen molar-refractivity contribution >= 4 is 18.0 Å². The molecule has 0 aliphatic heterocycles. The van der Waals surface area contributed by atoms with Gasteiger partial charge in [0.05, 0.1) is 11.1 Å². The highest BCUT2D eigenvalue weighted by atomic mass is 19.4. The quantitative estimate of drug-likeness (QED) is 0.399. The molecule has 0 fully saturated rings. The van der Waals surface area contributed by atoms with Crippen molar-refractivity contribution in [2.24, 2.45) is 0 Å². The van der Waals surface area contributed by atoms with E-state index in [1.807, 2.05) is 0 Å². The minimum atomic E-state index is -4.39. The zero-order valence-electron chi connectivity index (χ0n) is 16.6.